The number of ether oxygens (including phenoxy) is 1. The standard InChI is InChI=1S/C21H20N4O3S2/c1-28-15-4-7-18-20(10-15)24-21(22-18)23-19-11-16(30(26,27)25-14-2-3-14)5-6-17(19)13-8-9-29-12-13/h4-12,14,25H,2-3H2,1H3,(H2,22,23,24). The molecule has 1 saturated carbocycles. The van der Waals surface area contributed by atoms with Crippen molar-refractivity contribution in [3.63, 3.8) is 0 Å². The van der Waals surface area contributed by atoms with Gasteiger partial charge in [-0.15, -0.1) is 0 Å². The number of rotatable bonds is 7. The minimum atomic E-state index is -3.57. The Labute approximate surface area is 178 Å². The Morgan fingerprint density at radius 1 is 1.17 bits per heavy atom. The van der Waals surface area contributed by atoms with Crippen LogP contribution in [0.1, 0.15) is 12.8 Å². The number of fused-ring (bicyclic) bond motifs is 1. The molecule has 0 unspecified atom stereocenters. The third-order valence-corrected chi connectivity index (χ3v) is 7.18. The number of nitrogens with one attached hydrogen (secondary N) is 3. The number of methoxy groups -OCH3 is 1. The van der Waals surface area contributed by atoms with Gasteiger partial charge in [-0.2, -0.15) is 11.3 Å². The van der Waals surface area contributed by atoms with Crippen LogP contribution in [-0.4, -0.2) is 31.5 Å². The van der Waals surface area contributed by atoms with Crippen molar-refractivity contribution in [1.82, 2.24) is 14.7 Å². The molecular weight excluding hydrogens is 420 g/mol. The highest BCUT2D eigenvalue weighted by Crippen LogP contribution is 2.34. The number of hydrogen-bond acceptors (Lipinski definition) is 6. The van der Waals surface area contributed by atoms with Crippen LogP contribution < -0.4 is 14.8 Å². The number of H-pyrrole nitrogens is 1. The van der Waals surface area contributed by atoms with E-state index in [2.05, 4.69) is 20.0 Å². The lowest BCUT2D eigenvalue weighted by Gasteiger charge is -2.13. The molecule has 0 radical (unpaired) electrons. The summed E-state index contributed by atoms with van der Waals surface area (Å²) in [5.41, 5.74) is 4.19. The molecule has 0 atom stereocenters. The Kier molecular flexibility index (Phi) is 4.73. The zero-order chi connectivity index (χ0) is 20.7. The molecule has 0 amide bonds. The van der Waals surface area contributed by atoms with E-state index in [1.54, 1.807) is 30.6 Å². The number of hydrogen-bond donors (Lipinski definition) is 3. The first-order valence-corrected chi connectivity index (χ1v) is 11.9. The third-order valence-electron chi connectivity index (χ3n) is 4.97. The summed E-state index contributed by atoms with van der Waals surface area (Å²) < 4.78 is 33.4. The predicted molar refractivity (Wildman–Crippen MR) is 119 cm³/mol. The van der Waals surface area contributed by atoms with E-state index in [0.717, 1.165) is 40.8 Å². The van der Waals surface area contributed by atoms with Crippen molar-refractivity contribution in [3.05, 3.63) is 53.2 Å². The van der Waals surface area contributed by atoms with Crippen molar-refractivity contribution in [2.45, 2.75) is 23.8 Å². The number of aromatic amines is 1. The van der Waals surface area contributed by atoms with Gasteiger partial charge in [0.15, 0.2) is 0 Å². The molecule has 30 heavy (non-hydrogen) atoms. The van der Waals surface area contributed by atoms with Gasteiger partial charge in [-0.1, -0.05) is 6.07 Å². The van der Waals surface area contributed by atoms with Crippen molar-refractivity contribution in [2.75, 3.05) is 12.4 Å². The third kappa shape index (κ3) is 3.79. The average Bonchev–Trinajstić information content (AvgIpc) is 3.21. The van der Waals surface area contributed by atoms with Gasteiger partial charge >= 0.3 is 0 Å². The minimum Gasteiger partial charge on any atom is -0.497 e. The van der Waals surface area contributed by atoms with Gasteiger partial charge in [-0.05, 0) is 59.5 Å². The maximum absolute atomic E-state index is 12.7. The summed E-state index contributed by atoms with van der Waals surface area (Å²) in [6.45, 7) is 0. The second kappa shape index (κ2) is 7.42. The second-order valence-corrected chi connectivity index (χ2v) is 9.70. The summed E-state index contributed by atoms with van der Waals surface area (Å²) in [5.74, 6) is 1.26. The molecule has 0 aliphatic heterocycles. The number of sulfonamides is 1. The van der Waals surface area contributed by atoms with Crippen molar-refractivity contribution in [2.24, 2.45) is 0 Å². The normalized spacial score (nSPS) is 14.2. The van der Waals surface area contributed by atoms with Crippen molar-refractivity contribution in [3.8, 4) is 16.9 Å². The van der Waals surface area contributed by atoms with Crippen LogP contribution in [0, 0.1) is 0 Å². The van der Waals surface area contributed by atoms with Crippen LogP contribution >= 0.6 is 11.3 Å². The molecule has 1 fully saturated rings. The second-order valence-electron chi connectivity index (χ2n) is 7.21. The lowest BCUT2D eigenvalue weighted by atomic mass is 10.1. The van der Waals surface area contributed by atoms with Gasteiger partial charge in [-0.3, -0.25) is 0 Å². The van der Waals surface area contributed by atoms with E-state index in [-0.39, 0.29) is 10.9 Å². The summed E-state index contributed by atoms with van der Waals surface area (Å²) in [6.07, 6.45) is 1.78. The summed E-state index contributed by atoms with van der Waals surface area (Å²) in [6, 6.07) is 12.8. The molecule has 2 aromatic heterocycles. The zero-order valence-corrected chi connectivity index (χ0v) is 17.8. The van der Waals surface area contributed by atoms with E-state index in [0.29, 0.717) is 11.6 Å². The smallest absolute Gasteiger partial charge is 0.240 e. The first kappa shape index (κ1) is 19.1. The maximum Gasteiger partial charge on any atom is 0.240 e. The molecule has 3 N–H and O–H groups in total. The first-order valence-electron chi connectivity index (χ1n) is 9.51. The molecule has 5 rings (SSSR count). The Morgan fingerprint density at radius 2 is 2.03 bits per heavy atom. The van der Waals surface area contributed by atoms with Crippen molar-refractivity contribution >= 4 is 44.0 Å². The van der Waals surface area contributed by atoms with Crippen LogP contribution in [0.25, 0.3) is 22.2 Å². The van der Waals surface area contributed by atoms with E-state index in [9.17, 15) is 8.42 Å². The quantitative estimate of drug-likeness (QED) is 0.394. The molecule has 2 heterocycles. The lowest BCUT2D eigenvalue weighted by molar-refractivity contribution is 0.415. The number of benzene rings is 2. The molecule has 154 valence electrons. The van der Waals surface area contributed by atoms with E-state index < -0.39 is 10.0 Å². The highest BCUT2D eigenvalue weighted by Gasteiger charge is 2.28. The predicted octanol–water partition coefficient (Wildman–Crippen LogP) is 4.48. The largest absolute Gasteiger partial charge is 0.497 e. The van der Waals surface area contributed by atoms with Crippen LogP contribution in [0.2, 0.25) is 0 Å². The Bertz CT molecular complexity index is 1310. The molecule has 9 heteroatoms. The average molecular weight is 441 g/mol. The van der Waals surface area contributed by atoms with Crippen molar-refractivity contribution < 1.29 is 13.2 Å². The molecule has 0 bridgehead atoms. The van der Waals surface area contributed by atoms with Crippen LogP contribution in [0.3, 0.4) is 0 Å². The van der Waals surface area contributed by atoms with Gasteiger partial charge in [0, 0.05) is 17.7 Å². The molecule has 0 saturated heterocycles. The van der Waals surface area contributed by atoms with Crippen LogP contribution in [0.5, 0.6) is 5.75 Å². The fourth-order valence-corrected chi connectivity index (χ4v) is 5.24. The maximum atomic E-state index is 12.7. The summed E-state index contributed by atoms with van der Waals surface area (Å²) >= 11 is 1.59. The highest BCUT2D eigenvalue weighted by molar-refractivity contribution is 7.89. The van der Waals surface area contributed by atoms with E-state index >= 15 is 0 Å². The Hall–Kier alpha value is -2.88. The molecule has 2 aromatic carbocycles. The number of anilines is 2. The summed E-state index contributed by atoms with van der Waals surface area (Å²) in [7, 11) is -1.95. The number of aromatic nitrogens is 2. The van der Waals surface area contributed by atoms with Gasteiger partial charge in [0.25, 0.3) is 0 Å². The van der Waals surface area contributed by atoms with Crippen LogP contribution in [-0.2, 0) is 10.0 Å². The molecule has 1 aliphatic rings. The van der Waals surface area contributed by atoms with Gasteiger partial charge < -0.3 is 15.0 Å². The molecule has 4 aromatic rings. The number of imidazole rings is 1. The number of thiophene rings is 1. The van der Waals surface area contributed by atoms with Gasteiger partial charge in [0.2, 0.25) is 16.0 Å². The van der Waals surface area contributed by atoms with Crippen LogP contribution in [0.4, 0.5) is 11.6 Å². The van der Waals surface area contributed by atoms with Gasteiger partial charge in [0.1, 0.15) is 5.75 Å². The Morgan fingerprint density at radius 3 is 2.77 bits per heavy atom. The SMILES string of the molecule is COc1ccc2nc(Nc3cc(S(=O)(=O)NC4CC4)ccc3-c3ccsc3)[nH]c2c1. The molecule has 7 nitrogen and oxygen atoms in total. The van der Waals surface area contributed by atoms with E-state index in [1.165, 1.54) is 0 Å². The molecule has 1 aliphatic carbocycles. The Balaban J connectivity index is 1.55. The molecular formula is C21H20N4O3S2. The van der Waals surface area contributed by atoms with Crippen molar-refractivity contribution in [1.29, 1.82) is 0 Å². The monoisotopic (exact) mass is 440 g/mol. The minimum absolute atomic E-state index is 0.0494. The highest BCUT2D eigenvalue weighted by atomic mass is 32.2. The zero-order valence-electron chi connectivity index (χ0n) is 16.2. The van der Waals surface area contributed by atoms with Crippen LogP contribution in [0.15, 0.2) is 58.1 Å². The van der Waals surface area contributed by atoms with Gasteiger partial charge in [0.05, 0.1) is 28.7 Å². The summed E-state index contributed by atoms with van der Waals surface area (Å²) in [5, 5.41) is 7.29. The topological polar surface area (TPSA) is 96.1 Å². The lowest BCUT2D eigenvalue weighted by Crippen LogP contribution is -2.25. The fraction of sp³-hybridized carbons (Fsp3) is 0.190. The first-order chi connectivity index (χ1) is 14.5. The van der Waals surface area contributed by atoms with Gasteiger partial charge in [-0.25, -0.2) is 18.1 Å². The fourth-order valence-electron chi connectivity index (χ4n) is 3.25. The molecule has 0 spiro atoms. The number of nitrogens with zero attached hydrogens (tertiary/aromatic N) is 1. The van der Waals surface area contributed by atoms with E-state index in [4.69, 9.17) is 4.74 Å². The summed E-state index contributed by atoms with van der Waals surface area (Å²) in [4.78, 5) is 8.03. The van der Waals surface area contributed by atoms with E-state index in [1.807, 2.05) is 41.1 Å².